The molecule has 1 heterocycles. The lowest BCUT2D eigenvalue weighted by Gasteiger charge is -2.57. The van der Waals surface area contributed by atoms with Gasteiger partial charge < -0.3 is 10.3 Å². The number of H-pyrrole nitrogens is 1. The maximum absolute atomic E-state index is 12.8. The quantitative estimate of drug-likeness (QED) is 0.459. The van der Waals surface area contributed by atoms with E-state index in [9.17, 15) is 9.59 Å². The van der Waals surface area contributed by atoms with Crippen molar-refractivity contribution in [3.63, 3.8) is 0 Å². The molecule has 0 radical (unpaired) electrons. The van der Waals surface area contributed by atoms with Gasteiger partial charge in [-0.3, -0.25) is 9.59 Å². The Morgan fingerprint density at radius 1 is 1.18 bits per heavy atom. The summed E-state index contributed by atoms with van der Waals surface area (Å²) >= 11 is 1.26. The van der Waals surface area contributed by atoms with E-state index < -0.39 is 0 Å². The first-order chi connectivity index (χ1) is 15.9. The van der Waals surface area contributed by atoms with Gasteiger partial charge in [-0.05, 0) is 98.8 Å². The highest BCUT2D eigenvalue weighted by Gasteiger charge is 2.51. The number of hydrogen-bond donors (Lipinski definition) is 2. The molecule has 1 aromatic carbocycles. The summed E-state index contributed by atoms with van der Waals surface area (Å²) in [6.45, 7) is 2.02. The van der Waals surface area contributed by atoms with Gasteiger partial charge >= 0.3 is 0 Å². The van der Waals surface area contributed by atoms with Gasteiger partial charge in [-0.2, -0.15) is 5.26 Å². The summed E-state index contributed by atoms with van der Waals surface area (Å²) < 4.78 is 0. The number of nitrogens with one attached hydrogen (secondary N) is 2. The predicted molar refractivity (Wildman–Crippen MR) is 129 cm³/mol. The summed E-state index contributed by atoms with van der Waals surface area (Å²) in [5.41, 5.74) is 3.18. The average molecular weight is 463 g/mol. The molecule has 33 heavy (non-hydrogen) atoms. The molecule has 0 atom stereocenters. The van der Waals surface area contributed by atoms with Crippen molar-refractivity contribution in [2.45, 2.75) is 63.4 Å². The molecule has 4 saturated carbocycles. The van der Waals surface area contributed by atoms with Crippen LogP contribution in [0.25, 0.3) is 0 Å². The first-order valence-electron chi connectivity index (χ1n) is 12.0. The molecular formula is C26H30N4O2S. The van der Waals surface area contributed by atoms with Crippen molar-refractivity contribution in [3.05, 3.63) is 51.4 Å². The lowest BCUT2D eigenvalue weighted by molar-refractivity contribution is -0.113. The molecule has 2 aromatic rings. The summed E-state index contributed by atoms with van der Waals surface area (Å²) in [7, 11) is 0. The predicted octanol–water partition coefficient (Wildman–Crippen LogP) is 4.69. The summed E-state index contributed by atoms with van der Waals surface area (Å²) in [4.78, 5) is 33.0. The summed E-state index contributed by atoms with van der Waals surface area (Å²) in [6.07, 6.45) is 9.63. The second-order valence-electron chi connectivity index (χ2n) is 10.3. The second-order valence-corrected chi connectivity index (χ2v) is 11.2. The summed E-state index contributed by atoms with van der Waals surface area (Å²) in [5.74, 6) is 2.58. The maximum Gasteiger partial charge on any atom is 0.254 e. The van der Waals surface area contributed by atoms with Crippen LogP contribution in [0.2, 0.25) is 0 Å². The number of hydrogen-bond acceptors (Lipinski definition) is 5. The lowest BCUT2D eigenvalue weighted by Crippen LogP contribution is -2.47. The third-order valence-electron chi connectivity index (χ3n) is 7.78. The van der Waals surface area contributed by atoms with E-state index in [1.54, 1.807) is 24.3 Å². The van der Waals surface area contributed by atoms with E-state index in [-0.39, 0.29) is 17.2 Å². The zero-order valence-corrected chi connectivity index (χ0v) is 19.8. The number of nitrogens with zero attached hydrogens (tertiary/aromatic N) is 2. The molecule has 2 N–H and O–H groups in total. The van der Waals surface area contributed by atoms with Gasteiger partial charge in [-0.15, -0.1) is 0 Å². The minimum Gasteiger partial charge on any atom is -0.325 e. The Morgan fingerprint density at radius 3 is 2.39 bits per heavy atom. The van der Waals surface area contributed by atoms with E-state index in [2.05, 4.69) is 16.4 Å². The molecule has 0 aliphatic heterocycles. The highest BCUT2D eigenvalue weighted by molar-refractivity contribution is 7.99. The van der Waals surface area contributed by atoms with Crippen LogP contribution in [0.1, 0.15) is 62.3 Å². The first-order valence-corrected chi connectivity index (χ1v) is 13.0. The molecular weight excluding hydrogens is 432 g/mol. The molecule has 1 aromatic heterocycles. The van der Waals surface area contributed by atoms with Gasteiger partial charge in [0.1, 0.15) is 0 Å². The van der Waals surface area contributed by atoms with Gasteiger partial charge in [0.05, 0.1) is 23.1 Å². The Labute approximate surface area is 198 Å². The Hall–Kier alpha value is -2.59. The number of anilines is 1. The minimum absolute atomic E-state index is 0.0674. The van der Waals surface area contributed by atoms with E-state index >= 15 is 0 Å². The number of nitriles is 1. The van der Waals surface area contributed by atoms with Gasteiger partial charge in [-0.1, -0.05) is 18.7 Å². The number of carbonyl (C=O) groups is 1. The van der Waals surface area contributed by atoms with E-state index in [4.69, 9.17) is 10.2 Å². The molecule has 6 rings (SSSR count). The Morgan fingerprint density at radius 2 is 1.82 bits per heavy atom. The SMILES string of the molecule is CCc1c(CC23CC4CC(CC(C4)C2)C3)nc(SCC(=O)Nc2ccc(C#N)cc2)[nH]c1=O. The molecule has 4 bridgehead atoms. The van der Waals surface area contributed by atoms with Crippen LogP contribution in [-0.4, -0.2) is 21.6 Å². The fourth-order valence-corrected chi connectivity index (χ4v) is 7.60. The van der Waals surface area contributed by atoms with Crippen molar-refractivity contribution in [2.75, 3.05) is 11.1 Å². The zero-order chi connectivity index (χ0) is 23.0. The van der Waals surface area contributed by atoms with Crippen LogP contribution < -0.4 is 10.9 Å². The summed E-state index contributed by atoms with van der Waals surface area (Å²) in [6, 6.07) is 8.82. The standard InChI is InChI=1S/C26H30N4O2S/c1-2-21-22(13-26-10-17-7-18(11-26)9-19(8-17)12-26)29-25(30-24(21)32)33-15-23(31)28-20-5-3-16(14-27)4-6-20/h3-6,17-19H,2,7-13,15H2,1H3,(H,28,31)(H,29,30,32). The zero-order valence-electron chi connectivity index (χ0n) is 19.0. The van der Waals surface area contributed by atoms with Crippen molar-refractivity contribution in [3.8, 4) is 6.07 Å². The maximum atomic E-state index is 12.8. The van der Waals surface area contributed by atoms with E-state index in [0.29, 0.717) is 28.2 Å². The number of carbonyl (C=O) groups excluding carboxylic acids is 1. The highest BCUT2D eigenvalue weighted by atomic mass is 32.2. The van der Waals surface area contributed by atoms with E-state index in [0.717, 1.165) is 35.4 Å². The van der Waals surface area contributed by atoms with Crippen molar-refractivity contribution >= 4 is 23.4 Å². The van der Waals surface area contributed by atoms with Gasteiger partial charge in [-0.25, -0.2) is 4.98 Å². The Balaban J connectivity index is 1.28. The van der Waals surface area contributed by atoms with Crippen molar-refractivity contribution < 1.29 is 4.79 Å². The van der Waals surface area contributed by atoms with Crippen LogP contribution in [0.15, 0.2) is 34.2 Å². The molecule has 6 nitrogen and oxygen atoms in total. The molecule has 172 valence electrons. The van der Waals surface area contributed by atoms with Crippen LogP contribution in [0, 0.1) is 34.5 Å². The van der Waals surface area contributed by atoms with Gasteiger partial charge in [0.2, 0.25) is 5.91 Å². The summed E-state index contributed by atoms with van der Waals surface area (Å²) in [5, 5.41) is 12.2. The molecule has 4 fully saturated rings. The van der Waals surface area contributed by atoms with Crippen LogP contribution in [-0.2, 0) is 17.6 Å². The number of thioether (sulfide) groups is 1. The monoisotopic (exact) mass is 462 g/mol. The number of aromatic nitrogens is 2. The number of aromatic amines is 1. The fourth-order valence-electron chi connectivity index (χ4n) is 6.92. The average Bonchev–Trinajstić information content (AvgIpc) is 2.77. The van der Waals surface area contributed by atoms with Crippen LogP contribution in [0.5, 0.6) is 0 Å². The van der Waals surface area contributed by atoms with E-state index in [1.807, 2.05) is 6.92 Å². The fraction of sp³-hybridized carbons (Fsp3) is 0.538. The number of amides is 1. The van der Waals surface area contributed by atoms with Crippen molar-refractivity contribution in [1.82, 2.24) is 9.97 Å². The van der Waals surface area contributed by atoms with Crippen LogP contribution in [0.4, 0.5) is 5.69 Å². The Kier molecular flexibility index (Phi) is 6.05. The van der Waals surface area contributed by atoms with Crippen molar-refractivity contribution in [2.24, 2.45) is 23.2 Å². The first kappa shape index (κ1) is 22.2. The van der Waals surface area contributed by atoms with Gasteiger partial charge in [0.15, 0.2) is 5.16 Å². The smallest absolute Gasteiger partial charge is 0.254 e. The number of rotatable bonds is 7. The van der Waals surface area contributed by atoms with Crippen LogP contribution >= 0.6 is 11.8 Å². The molecule has 4 aliphatic rings. The lowest BCUT2D eigenvalue weighted by atomic mass is 9.48. The third-order valence-corrected chi connectivity index (χ3v) is 8.65. The molecule has 7 heteroatoms. The molecule has 0 unspecified atom stereocenters. The van der Waals surface area contributed by atoms with Crippen molar-refractivity contribution in [1.29, 1.82) is 5.26 Å². The Bertz CT molecular complexity index is 1110. The van der Waals surface area contributed by atoms with Gasteiger partial charge in [0.25, 0.3) is 5.56 Å². The van der Waals surface area contributed by atoms with Gasteiger partial charge in [0, 0.05) is 11.3 Å². The second kappa shape index (κ2) is 8.98. The third kappa shape index (κ3) is 4.72. The molecule has 0 spiro atoms. The largest absolute Gasteiger partial charge is 0.325 e. The number of benzene rings is 1. The highest BCUT2D eigenvalue weighted by Crippen LogP contribution is 2.61. The topological polar surface area (TPSA) is 98.6 Å². The molecule has 0 saturated heterocycles. The van der Waals surface area contributed by atoms with Crippen LogP contribution in [0.3, 0.4) is 0 Å². The molecule has 1 amide bonds. The minimum atomic E-state index is -0.172. The van der Waals surface area contributed by atoms with E-state index in [1.165, 1.54) is 50.3 Å². The molecule has 4 aliphatic carbocycles. The normalized spacial score (nSPS) is 27.3.